The average Bonchev–Trinajstić information content (AvgIpc) is 2.53. The van der Waals surface area contributed by atoms with Gasteiger partial charge in [0.15, 0.2) is 0 Å². The van der Waals surface area contributed by atoms with E-state index in [0.717, 1.165) is 24.0 Å². The van der Waals surface area contributed by atoms with Crippen LogP contribution in [-0.2, 0) is 6.54 Å². The van der Waals surface area contributed by atoms with Gasteiger partial charge in [-0.15, -0.1) is 11.3 Å². The molecule has 1 aliphatic rings. The molecule has 0 amide bonds. The molecule has 1 heterocycles. The molecule has 1 N–H and O–H groups in total. The Kier molecular flexibility index (Phi) is 2.87. The second-order valence-electron chi connectivity index (χ2n) is 5.98. The van der Waals surface area contributed by atoms with Crippen molar-refractivity contribution in [3.8, 4) is 0 Å². The molecule has 0 aromatic carbocycles. The lowest BCUT2D eigenvalue weighted by atomic mass is 10.0. The fourth-order valence-electron chi connectivity index (χ4n) is 2.68. The number of thiazole rings is 1. The predicted octanol–water partition coefficient (Wildman–Crippen LogP) is 3.22. The SMILES string of the molecule is Cc1nc(CNCC2C(C)(C)C2(C)C)cs1. The first-order chi connectivity index (χ1) is 7.35. The first-order valence-corrected chi connectivity index (χ1v) is 6.85. The number of aryl methyl sites for hydroxylation is 1. The quantitative estimate of drug-likeness (QED) is 0.871. The molecule has 3 heteroatoms. The largest absolute Gasteiger partial charge is 0.311 e. The average molecular weight is 238 g/mol. The lowest BCUT2D eigenvalue weighted by Gasteiger charge is -2.04. The molecule has 90 valence electrons. The first-order valence-electron chi connectivity index (χ1n) is 5.97. The third-order valence-corrected chi connectivity index (χ3v) is 5.46. The van der Waals surface area contributed by atoms with E-state index < -0.39 is 0 Å². The lowest BCUT2D eigenvalue weighted by Crippen LogP contribution is -2.19. The number of hydrogen-bond donors (Lipinski definition) is 1. The molecule has 1 aromatic rings. The Bertz CT molecular complexity index is 365. The molecule has 0 unspecified atom stereocenters. The van der Waals surface area contributed by atoms with E-state index in [1.165, 1.54) is 5.69 Å². The molecule has 0 bridgehead atoms. The summed E-state index contributed by atoms with van der Waals surface area (Å²) in [7, 11) is 0. The van der Waals surface area contributed by atoms with Gasteiger partial charge in [0.25, 0.3) is 0 Å². The van der Waals surface area contributed by atoms with Crippen LogP contribution in [0.3, 0.4) is 0 Å². The topological polar surface area (TPSA) is 24.9 Å². The van der Waals surface area contributed by atoms with Crippen molar-refractivity contribution < 1.29 is 0 Å². The summed E-state index contributed by atoms with van der Waals surface area (Å²) in [5.41, 5.74) is 2.15. The Labute approximate surface area is 102 Å². The van der Waals surface area contributed by atoms with Crippen molar-refractivity contribution >= 4 is 11.3 Å². The highest BCUT2D eigenvalue weighted by Gasteiger charge is 2.63. The van der Waals surface area contributed by atoms with E-state index in [4.69, 9.17) is 0 Å². The highest BCUT2D eigenvalue weighted by Crippen LogP contribution is 2.67. The minimum absolute atomic E-state index is 0.484. The highest BCUT2D eigenvalue weighted by atomic mass is 32.1. The van der Waals surface area contributed by atoms with Crippen LogP contribution in [0.5, 0.6) is 0 Å². The van der Waals surface area contributed by atoms with Gasteiger partial charge >= 0.3 is 0 Å². The maximum absolute atomic E-state index is 4.46. The Hall–Kier alpha value is -0.410. The number of rotatable bonds is 4. The molecule has 1 fully saturated rings. The predicted molar refractivity (Wildman–Crippen MR) is 69.6 cm³/mol. The Morgan fingerprint density at radius 1 is 1.31 bits per heavy atom. The molecule has 16 heavy (non-hydrogen) atoms. The molecule has 0 atom stereocenters. The van der Waals surface area contributed by atoms with Crippen LogP contribution in [-0.4, -0.2) is 11.5 Å². The van der Waals surface area contributed by atoms with Crippen molar-refractivity contribution in [2.45, 2.75) is 41.2 Å². The van der Waals surface area contributed by atoms with E-state index in [1.807, 2.05) is 0 Å². The van der Waals surface area contributed by atoms with Crippen LogP contribution in [0.15, 0.2) is 5.38 Å². The third kappa shape index (κ3) is 1.91. The van der Waals surface area contributed by atoms with Gasteiger partial charge in [-0.3, -0.25) is 0 Å². The van der Waals surface area contributed by atoms with E-state index in [9.17, 15) is 0 Å². The second-order valence-corrected chi connectivity index (χ2v) is 7.05. The number of aromatic nitrogens is 1. The smallest absolute Gasteiger partial charge is 0.0897 e. The van der Waals surface area contributed by atoms with Gasteiger partial charge in [0, 0.05) is 11.9 Å². The number of hydrogen-bond acceptors (Lipinski definition) is 3. The lowest BCUT2D eigenvalue weighted by molar-refractivity contribution is 0.457. The molecule has 2 nitrogen and oxygen atoms in total. The summed E-state index contributed by atoms with van der Waals surface area (Å²) in [6, 6.07) is 0. The zero-order chi connectivity index (χ0) is 12.0. The summed E-state index contributed by atoms with van der Waals surface area (Å²) in [6.07, 6.45) is 0. The van der Waals surface area contributed by atoms with E-state index >= 15 is 0 Å². The molecule has 1 aliphatic carbocycles. The zero-order valence-electron chi connectivity index (χ0n) is 10.9. The molecular weight excluding hydrogens is 216 g/mol. The summed E-state index contributed by atoms with van der Waals surface area (Å²) in [5, 5.41) is 6.83. The minimum atomic E-state index is 0.484. The van der Waals surface area contributed by atoms with Crippen molar-refractivity contribution in [3.05, 3.63) is 16.1 Å². The van der Waals surface area contributed by atoms with Crippen LogP contribution in [0, 0.1) is 23.7 Å². The Morgan fingerprint density at radius 2 is 1.94 bits per heavy atom. The van der Waals surface area contributed by atoms with Gasteiger partial charge in [0.05, 0.1) is 10.7 Å². The molecule has 0 saturated heterocycles. The van der Waals surface area contributed by atoms with Gasteiger partial charge in [-0.2, -0.15) is 0 Å². The Balaban J connectivity index is 1.78. The van der Waals surface area contributed by atoms with Gasteiger partial charge in [-0.1, -0.05) is 27.7 Å². The molecule has 2 rings (SSSR count). The van der Waals surface area contributed by atoms with E-state index in [2.05, 4.69) is 50.3 Å². The Morgan fingerprint density at radius 3 is 2.38 bits per heavy atom. The second kappa shape index (κ2) is 3.81. The maximum Gasteiger partial charge on any atom is 0.0897 e. The van der Waals surface area contributed by atoms with Crippen molar-refractivity contribution in [1.29, 1.82) is 0 Å². The third-order valence-electron chi connectivity index (χ3n) is 4.64. The highest BCUT2D eigenvalue weighted by molar-refractivity contribution is 7.09. The van der Waals surface area contributed by atoms with Gasteiger partial charge in [-0.25, -0.2) is 4.98 Å². The molecular formula is C13H22N2S. The van der Waals surface area contributed by atoms with Crippen molar-refractivity contribution in [2.75, 3.05) is 6.54 Å². The van der Waals surface area contributed by atoms with E-state index in [0.29, 0.717) is 10.8 Å². The molecule has 1 aromatic heterocycles. The summed E-state index contributed by atoms with van der Waals surface area (Å²) < 4.78 is 0. The van der Waals surface area contributed by atoms with E-state index in [1.54, 1.807) is 11.3 Å². The van der Waals surface area contributed by atoms with Gasteiger partial charge in [0.2, 0.25) is 0 Å². The molecule has 0 aliphatic heterocycles. The van der Waals surface area contributed by atoms with E-state index in [-0.39, 0.29) is 0 Å². The normalized spacial score (nSPS) is 22.3. The van der Waals surface area contributed by atoms with Crippen LogP contribution in [0.1, 0.15) is 38.4 Å². The van der Waals surface area contributed by atoms with Crippen molar-refractivity contribution in [3.63, 3.8) is 0 Å². The first kappa shape index (κ1) is 12.1. The number of nitrogens with one attached hydrogen (secondary N) is 1. The monoisotopic (exact) mass is 238 g/mol. The molecule has 0 radical (unpaired) electrons. The summed E-state index contributed by atoms with van der Waals surface area (Å²) in [4.78, 5) is 4.46. The maximum atomic E-state index is 4.46. The summed E-state index contributed by atoms with van der Waals surface area (Å²) in [5.74, 6) is 0.791. The fourth-order valence-corrected chi connectivity index (χ4v) is 3.29. The van der Waals surface area contributed by atoms with Crippen molar-refractivity contribution in [1.82, 2.24) is 10.3 Å². The van der Waals surface area contributed by atoms with Crippen molar-refractivity contribution in [2.24, 2.45) is 16.7 Å². The van der Waals surface area contributed by atoms with Crippen LogP contribution in [0.2, 0.25) is 0 Å². The van der Waals surface area contributed by atoms with Crippen LogP contribution in [0.25, 0.3) is 0 Å². The zero-order valence-corrected chi connectivity index (χ0v) is 11.7. The van der Waals surface area contributed by atoms with Gasteiger partial charge in [0.1, 0.15) is 0 Å². The standard InChI is InChI=1S/C13H22N2S/c1-9-15-10(8-16-9)6-14-7-11-12(2,3)13(11,4)5/h8,11,14H,6-7H2,1-5H3. The number of nitrogens with zero attached hydrogens (tertiary/aromatic N) is 1. The van der Waals surface area contributed by atoms with Gasteiger partial charge in [-0.05, 0) is 30.2 Å². The molecule has 1 saturated carbocycles. The van der Waals surface area contributed by atoms with Crippen LogP contribution >= 0.6 is 11.3 Å². The summed E-state index contributed by atoms with van der Waals surface area (Å²) >= 11 is 1.73. The van der Waals surface area contributed by atoms with Gasteiger partial charge < -0.3 is 5.32 Å². The van der Waals surface area contributed by atoms with Crippen LogP contribution < -0.4 is 5.32 Å². The minimum Gasteiger partial charge on any atom is -0.311 e. The summed E-state index contributed by atoms with van der Waals surface area (Å²) in [6.45, 7) is 13.5. The van der Waals surface area contributed by atoms with Crippen LogP contribution in [0.4, 0.5) is 0 Å². The molecule has 0 spiro atoms. The fraction of sp³-hybridized carbons (Fsp3) is 0.769.